The minimum Gasteiger partial charge on any atom is -0.349 e. The fraction of sp³-hybridized carbons (Fsp3) is 0.538. The van der Waals surface area contributed by atoms with Crippen LogP contribution in [0.15, 0.2) is 24.4 Å². The molecule has 0 radical (unpaired) electrons. The summed E-state index contributed by atoms with van der Waals surface area (Å²) in [4.78, 5) is 15.7. The molecule has 204 valence electrons. The minimum absolute atomic E-state index is 0.331. The number of imidazole rings is 1. The van der Waals surface area contributed by atoms with Crippen LogP contribution < -0.4 is 5.32 Å². The van der Waals surface area contributed by atoms with Crippen molar-refractivity contribution in [1.29, 1.82) is 0 Å². The molecule has 1 aliphatic carbocycles. The van der Waals surface area contributed by atoms with E-state index in [0.717, 1.165) is 12.1 Å². The van der Waals surface area contributed by atoms with Crippen LogP contribution in [0.2, 0.25) is 0 Å². The lowest BCUT2D eigenvalue weighted by atomic mass is 9.89. The van der Waals surface area contributed by atoms with E-state index < -0.39 is 19.1 Å². The monoisotopic (exact) mass is 546 g/mol. The first-order chi connectivity index (χ1) is 18.4. The number of hydrogen-bond donors (Lipinski definition) is 2. The second kappa shape index (κ2) is 11.0. The van der Waals surface area contributed by atoms with Crippen molar-refractivity contribution >= 4 is 34.8 Å². The molecule has 0 bridgehead atoms. The van der Waals surface area contributed by atoms with Gasteiger partial charge in [0.15, 0.2) is 10.3 Å². The largest absolute Gasteiger partial charge is 0.349 e. The zero-order valence-corrected chi connectivity index (χ0v) is 22.6. The Morgan fingerprint density at radius 3 is 2.61 bits per heavy atom. The van der Waals surface area contributed by atoms with Gasteiger partial charge in [0.2, 0.25) is 5.95 Å². The fourth-order valence-electron chi connectivity index (χ4n) is 5.28. The maximum Gasteiger partial charge on any atom is 0.256 e. The van der Waals surface area contributed by atoms with Gasteiger partial charge in [-0.1, -0.05) is 32.5 Å². The first-order valence-electron chi connectivity index (χ1n) is 13.3. The Bertz CT molecular complexity index is 1470. The van der Waals surface area contributed by atoms with E-state index in [1.54, 1.807) is 29.8 Å². The van der Waals surface area contributed by atoms with Crippen molar-refractivity contribution in [1.82, 2.24) is 34.0 Å². The zero-order valence-electron chi connectivity index (χ0n) is 21.8. The Balaban J connectivity index is 0.00000144. The molecule has 1 saturated carbocycles. The lowest BCUT2D eigenvalue weighted by molar-refractivity contribution is 0.0552. The van der Waals surface area contributed by atoms with Crippen LogP contribution in [-0.4, -0.2) is 71.8 Å². The quantitative estimate of drug-likeness (QED) is 0.299. The van der Waals surface area contributed by atoms with Crippen molar-refractivity contribution in [3.05, 3.63) is 34.9 Å². The van der Waals surface area contributed by atoms with Crippen molar-refractivity contribution in [3.8, 4) is 11.3 Å². The number of halogens is 3. The third-order valence-electron chi connectivity index (χ3n) is 7.39. The molecule has 2 aliphatic rings. The molecule has 6 rings (SSSR count). The standard InChI is InChI=1S/C24H27F3N8S.C2H6/c1-13-28-19-6-5-17(29-22(19)34(13)12-20(26)27)15-7-10-35-21(15)23(36)31-24(32-35)30-18-8-9-33(11-16(18)25)14-3-2-4-14;1-2/h5-7,10,14,16,18,20H,2-4,8-9,11-12H2,1H3,(H2,30,31,32,36);1-2H3. The molecule has 0 spiro atoms. The summed E-state index contributed by atoms with van der Waals surface area (Å²) < 4.78 is 44.6. The van der Waals surface area contributed by atoms with Crippen LogP contribution in [0.3, 0.4) is 0 Å². The summed E-state index contributed by atoms with van der Waals surface area (Å²) in [5.41, 5.74) is 2.88. The zero-order chi connectivity index (χ0) is 27.0. The van der Waals surface area contributed by atoms with E-state index in [4.69, 9.17) is 12.2 Å². The average molecular weight is 547 g/mol. The second-order valence-corrected chi connectivity index (χ2v) is 10.0. The number of piperidine rings is 1. The molecular formula is C26H33F3N8S. The van der Waals surface area contributed by atoms with Crippen LogP contribution in [0.25, 0.3) is 27.9 Å². The number of rotatable bonds is 6. The van der Waals surface area contributed by atoms with E-state index in [-0.39, 0.29) is 6.04 Å². The van der Waals surface area contributed by atoms with Crippen LogP contribution in [0.5, 0.6) is 0 Å². The molecule has 2 fully saturated rings. The number of alkyl halides is 3. The molecule has 2 unspecified atom stereocenters. The van der Waals surface area contributed by atoms with E-state index in [1.165, 1.54) is 23.8 Å². The topological polar surface area (TPSA) is 79.1 Å². The van der Waals surface area contributed by atoms with Crippen molar-refractivity contribution in [2.75, 3.05) is 18.4 Å². The maximum atomic E-state index is 14.9. The van der Waals surface area contributed by atoms with Crippen molar-refractivity contribution in [2.24, 2.45) is 0 Å². The predicted octanol–water partition coefficient (Wildman–Crippen LogP) is 5.78. The third-order valence-corrected chi connectivity index (χ3v) is 7.68. The SMILES string of the molecule is CC.Cc1nc2ccc(-c3ccn4[nH]c(NC5CCN(C6CCC6)CC5F)nc(=S)c34)nc2n1CC(F)F. The van der Waals surface area contributed by atoms with Gasteiger partial charge < -0.3 is 9.88 Å². The normalized spacial score (nSPS) is 20.5. The molecule has 4 aromatic heterocycles. The minimum atomic E-state index is -2.51. The van der Waals surface area contributed by atoms with Crippen LogP contribution in [0.1, 0.15) is 45.4 Å². The molecule has 0 amide bonds. The van der Waals surface area contributed by atoms with Gasteiger partial charge in [-0.25, -0.2) is 23.1 Å². The highest BCUT2D eigenvalue weighted by atomic mass is 32.1. The Labute approximate surface area is 224 Å². The number of aromatic amines is 1. The molecule has 2 atom stereocenters. The van der Waals surface area contributed by atoms with Gasteiger partial charge in [0.05, 0.1) is 18.3 Å². The Kier molecular flexibility index (Phi) is 7.71. The maximum absolute atomic E-state index is 14.9. The molecule has 2 N–H and O–H groups in total. The van der Waals surface area contributed by atoms with Gasteiger partial charge in [0.1, 0.15) is 23.0 Å². The summed E-state index contributed by atoms with van der Waals surface area (Å²) in [7, 11) is 0. The molecule has 5 heterocycles. The summed E-state index contributed by atoms with van der Waals surface area (Å²) in [6, 6.07) is 5.60. The number of H-pyrrole nitrogens is 1. The van der Waals surface area contributed by atoms with Crippen LogP contribution in [-0.2, 0) is 6.54 Å². The van der Waals surface area contributed by atoms with Gasteiger partial charge in [-0.05, 0) is 44.4 Å². The summed E-state index contributed by atoms with van der Waals surface area (Å²) in [5, 5.41) is 6.37. The smallest absolute Gasteiger partial charge is 0.256 e. The van der Waals surface area contributed by atoms with E-state index in [1.807, 2.05) is 19.9 Å². The molecule has 8 nitrogen and oxygen atoms in total. The number of pyridine rings is 1. The van der Waals surface area contributed by atoms with Crippen molar-refractivity contribution in [2.45, 2.75) is 77.7 Å². The summed E-state index contributed by atoms with van der Waals surface area (Å²) in [6.07, 6.45) is 2.57. The lowest BCUT2D eigenvalue weighted by Crippen LogP contribution is -2.53. The Morgan fingerprint density at radius 1 is 1.13 bits per heavy atom. The number of aromatic nitrogens is 6. The van der Waals surface area contributed by atoms with Gasteiger partial charge in [-0.2, -0.15) is 4.98 Å². The lowest BCUT2D eigenvalue weighted by Gasteiger charge is -2.43. The van der Waals surface area contributed by atoms with E-state index >= 15 is 0 Å². The molecule has 0 aromatic carbocycles. The molecule has 12 heteroatoms. The van der Waals surface area contributed by atoms with Crippen LogP contribution in [0, 0.1) is 11.6 Å². The number of nitrogens with one attached hydrogen (secondary N) is 2. The van der Waals surface area contributed by atoms with Crippen molar-refractivity contribution in [3.63, 3.8) is 0 Å². The van der Waals surface area contributed by atoms with Gasteiger partial charge in [-0.15, -0.1) is 0 Å². The van der Waals surface area contributed by atoms with E-state index in [9.17, 15) is 13.2 Å². The number of hydrogen-bond acceptors (Lipinski definition) is 6. The van der Waals surface area contributed by atoms with Crippen LogP contribution >= 0.6 is 12.2 Å². The number of anilines is 1. The number of nitrogens with zero attached hydrogens (tertiary/aromatic N) is 6. The highest BCUT2D eigenvalue weighted by molar-refractivity contribution is 7.71. The first kappa shape index (κ1) is 26.6. The Morgan fingerprint density at radius 2 is 1.92 bits per heavy atom. The molecule has 1 aliphatic heterocycles. The number of fused-ring (bicyclic) bond motifs is 2. The average Bonchev–Trinajstić information content (AvgIpc) is 3.42. The predicted molar refractivity (Wildman–Crippen MR) is 145 cm³/mol. The Hall–Kier alpha value is -2.99. The molecular weight excluding hydrogens is 513 g/mol. The van der Waals surface area contributed by atoms with E-state index in [2.05, 4.69) is 30.3 Å². The molecule has 4 aromatic rings. The van der Waals surface area contributed by atoms with Gasteiger partial charge in [0, 0.05) is 30.9 Å². The molecule has 1 saturated heterocycles. The number of likely N-dealkylation sites (tertiary alicyclic amines) is 1. The van der Waals surface area contributed by atoms with Crippen LogP contribution in [0.4, 0.5) is 19.1 Å². The van der Waals surface area contributed by atoms with Gasteiger partial charge >= 0.3 is 0 Å². The van der Waals surface area contributed by atoms with Gasteiger partial charge in [-0.3, -0.25) is 14.5 Å². The highest BCUT2D eigenvalue weighted by Gasteiger charge is 2.35. The summed E-state index contributed by atoms with van der Waals surface area (Å²) in [5.74, 6) is 0.893. The highest BCUT2D eigenvalue weighted by Crippen LogP contribution is 2.30. The third kappa shape index (κ3) is 5.03. The fourth-order valence-corrected chi connectivity index (χ4v) is 5.58. The summed E-state index contributed by atoms with van der Waals surface area (Å²) >= 11 is 5.60. The van der Waals surface area contributed by atoms with E-state index in [0.29, 0.717) is 57.8 Å². The van der Waals surface area contributed by atoms with Gasteiger partial charge in [0.25, 0.3) is 6.43 Å². The number of aryl methyl sites for hydroxylation is 1. The molecule has 38 heavy (non-hydrogen) atoms. The first-order valence-corrected chi connectivity index (χ1v) is 13.7. The summed E-state index contributed by atoms with van der Waals surface area (Å²) in [6.45, 7) is 6.52. The van der Waals surface area contributed by atoms with Crippen molar-refractivity contribution < 1.29 is 13.2 Å². The second-order valence-electron chi connectivity index (χ2n) is 9.66.